The van der Waals surface area contributed by atoms with Crippen molar-refractivity contribution in [1.82, 2.24) is 0 Å². The SMILES string of the molecule is CC(=O)Oc1ccc2c(c1)OC(=Cc1ccccc1F)C2=O. The van der Waals surface area contributed by atoms with Crippen LogP contribution in [0.25, 0.3) is 6.08 Å². The molecule has 0 saturated carbocycles. The summed E-state index contributed by atoms with van der Waals surface area (Å²) in [5, 5.41) is 0. The summed E-state index contributed by atoms with van der Waals surface area (Å²) in [5.41, 5.74) is 0.609. The molecule has 4 nitrogen and oxygen atoms in total. The maximum Gasteiger partial charge on any atom is 0.308 e. The Morgan fingerprint density at radius 1 is 1.23 bits per heavy atom. The molecule has 0 atom stereocenters. The van der Waals surface area contributed by atoms with Crippen LogP contribution in [0.3, 0.4) is 0 Å². The minimum atomic E-state index is -0.466. The maximum absolute atomic E-state index is 13.6. The van der Waals surface area contributed by atoms with Crippen molar-refractivity contribution in [2.24, 2.45) is 0 Å². The molecule has 0 unspecified atom stereocenters. The normalized spacial score (nSPS) is 14.6. The van der Waals surface area contributed by atoms with Gasteiger partial charge in [-0.3, -0.25) is 9.59 Å². The first-order valence-electron chi connectivity index (χ1n) is 6.56. The topological polar surface area (TPSA) is 52.6 Å². The van der Waals surface area contributed by atoms with Gasteiger partial charge in [0.05, 0.1) is 5.56 Å². The summed E-state index contributed by atoms with van der Waals surface area (Å²) in [6.07, 6.45) is 1.35. The number of esters is 1. The third-order valence-electron chi connectivity index (χ3n) is 3.09. The van der Waals surface area contributed by atoms with Gasteiger partial charge < -0.3 is 9.47 Å². The Bertz CT molecular complexity index is 808. The summed E-state index contributed by atoms with van der Waals surface area (Å²) < 4.78 is 24.0. The minimum Gasteiger partial charge on any atom is -0.452 e. The second-order valence-corrected chi connectivity index (χ2v) is 4.71. The molecule has 2 aromatic carbocycles. The molecule has 1 heterocycles. The van der Waals surface area contributed by atoms with Gasteiger partial charge in [0.2, 0.25) is 5.78 Å². The Kier molecular flexibility index (Phi) is 3.47. The molecule has 0 aliphatic carbocycles. The third-order valence-corrected chi connectivity index (χ3v) is 3.09. The number of Topliss-reactive ketones (excluding diaryl/α,β-unsaturated/α-hetero) is 1. The van der Waals surface area contributed by atoms with E-state index in [0.29, 0.717) is 5.56 Å². The van der Waals surface area contributed by atoms with E-state index in [2.05, 4.69) is 0 Å². The molecule has 1 aliphatic rings. The Balaban J connectivity index is 1.94. The third kappa shape index (κ3) is 2.61. The first-order chi connectivity index (χ1) is 10.5. The van der Waals surface area contributed by atoms with Crippen LogP contribution < -0.4 is 9.47 Å². The molecular weight excluding hydrogens is 287 g/mol. The fourth-order valence-corrected chi connectivity index (χ4v) is 2.13. The molecule has 22 heavy (non-hydrogen) atoms. The smallest absolute Gasteiger partial charge is 0.308 e. The summed E-state index contributed by atoms with van der Waals surface area (Å²) in [6, 6.07) is 10.6. The number of halogens is 1. The van der Waals surface area contributed by atoms with Gasteiger partial charge >= 0.3 is 5.97 Å². The number of rotatable bonds is 2. The quantitative estimate of drug-likeness (QED) is 0.484. The summed E-state index contributed by atoms with van der Waals surface area (Å²) in [4.78, 5) is 23.2. The van der Waals surface area contributed by atoms with Gasteiger partial charge in [-0.25, -0.2) is 4.39 Å². The van der Waals surface area contributed by atoms with E-state index in [1.807, 2.05) is 0 Å². The van der Waals surface area contributed by atoms with Gasteiger partial charge in [0, 0.05) is 18.6 Å². The molecule has 0 spiro atoms. The number of carbonyl (C=O) groups excluding carboxylic acids is 2. The van der Waals surface area contributed by atoms with E-state index in [1.165, 1.54) is 37.3 Å². The molecule has 0 amide bonds. The van der Waals surface area contributed by atoms with Crippen LogP contribution in [0.1, 0.15) is 22.8 Å². The van der Waals surface area contributed by atoms with E-state index in [1.54, 1.807) is 18.2 Å². The first kappa shape index (κ1) is 14.0. The molecule has 0 radical (unpaired) electrons. The zero-order valence-electron chi connectivity index (χ0n) is 11.6. The molecule has 110 valence electrons. The van der Waals surface area contributed by atoms with E-state index in [9.17, 15) is 14.0 Å². The minimum absolute atomic E-state index is 0.0278. The van der Waals surface area contributed by atoms with Gasteiger partial charge in [-0.05, 0) is 24.3 Å². The van der Waals surface area contributed by atoms with Crippen molar-refractivity contribution >= 4 is 17.8 Å². The summed E-state index contributed by atoms with van der Waals surface area (Å²) in [5.74, 6) is -0.653. The van der Waals surface area contributed by atoms with Crippen LogP contribution in [-0.2, 0) is 4.79 Å². The van der Waals surface area contributed by atoms with E-state index in [0.717, 1.165) is 0 Å². The highest BCUT2D eigenvalue weighted by Gasteiger charge is 2.28. The van der Waals surface area contributed by atoms with E-state index >= 15 is 0 Å². The molecule has 0 bridgehead atoms. The Morgan fingerprint density at radius 3 is 2.73 bits per heavy atom. The van der Waals surface area contributed by atoms with E-state index in [-0.39, 0.29) is 28.6 Å². The molecule has 0 fully saturated rings. The lowest BCUT2D eigenvalue weighted by Crippen LogP contribution is -2.01. The average molecular weight is 298 g/mol. The van der Waals surface area contributed by atoms with Crippen molar-refractivity contribution in [3.05, 3.63) is 65.2 Å². The fraction of sp³-hybridized carbons (Fsp3) is 0.0588. The standard InChI is InChI=1S/C17H11FO4/c1-10(19)21-12-6-7-13-15(9-12)22-16(17(13)20)8-11-4-2-3-5-14(11)18/h2-9H,1H3. The lowest BCUT2D eigenvalue weighted by atomic mass is 10.1. The molecule has 0 N–H and O–H groups in total. The second-order valence-electron chi connectivity index (χ2n) is 4.71. The monoisotopic (exact) mass is 298 g/mol. The molecule has 0 aromatic heterocycles. The van der Waals surface area contributed by atoms with Crippen molar-refractivity contribution in [2.75, 3.05) is 0 Å². The highest BCUT2D eigenvalue weighted by molar-refractivity contribution is 6.14. The number of hydrogen-bond acceptors (Lipinski definition) is 4. The van der Waals surface area contributed by atoms with Gasteiger partial charge in [0.1, 0.15) is 17.3 Å². The van der Waals surface area contributed by atoms with Crippen molar-refractivity contribution in [3.8, 4) is 11.5 Å². The maximum atomic E-state index is 13.6. The van der Waals surface area contributed by atoms with Crippen LogP contribution >= 0.6 is 0 Å². The molecular formula is C17H11FO4. The van der Waals surface area contributed by atoms with Crippen molar-refractivity contribution in [2.45, 2.75) is 6.92 Å². The number of carbonyl (C=O) groups is 2. The molecule has 2 aromatic rings. The van der Waals surface area contributed by atoms with Crippen LogP contribution in [0.4, 0.5) is 4.39 Å². The zero-order chi connectivity index (χ0) is 15.7. The van der Waals surface area contributed by atoms with Gasteiger partial charge in [0.25, 0.3) is 0 Å². The van der Waals surface area contributed by atoms with Crippen LogP contribution in [0.5, 0.6) is 11.5 Å². The van der Waals surface area contributed by atoms with E-state index in [4.69, 9.17) is 9.47 Å². The van der Waals surface area contributed by atoms with Crippen molar-refractivity contribution < 1.29 is 23.5 Å². The van der Waals surface area contributed by atoms with Crippen LogP contribution in [0.15, 0.2) is 48.2 Å². The van der Waals surface area contributed by atoms with E-state index < -0.39 is 11.8 Å². The zero-order valence-corrected chi connectivity index (χ0v) is 11.6. The number of allylic oxidation sites excluding steroid dienone is 1. The first-order valence-corrected chi connectivity index (χ1v) is 6.56. The molecule has 0 saturated heterocycles. The molecule has 5 heteroatoms. The molecule has 3 rings (SSSR count). The van der Waals surface area contributed by atoms with Gasteiger partial charge in [-0.2, -0.15) is 0 Å². The number of hydrogen-bond donors (Lipinski definition) is 0. The summed E-state index contributed by atoms with van der Waals surface area (Å²) in [6.45, 7) is 1.28. The fourth-order valence-electron chi connectivity index (χ4n) is 2.13. The average Bonchev–Trinajstić information content (AvgIpc) is 2.77. The number of benzene rings is 2. The number of ketones is 1. The second kappa shape index (κ2) is 5.44. The van der Waals surface area contributed by atoms with Crippen molar-refractivity contribution in [3.63, 3.8) is 0 Å². The predicted molar refractivity (Wildman–Crippen MR) is 77.1 cm³/mol. The predicted octanol–water partition coefficient (Wildman–Crippen LogP) is 3.37. The van der Waals surface area contributed by atoms with Gasteiger partial charge in [0.15, 0.2) is 5.76 Å². The summed E-state index contributed by atoms with van der Waals surface area (Å²) in [7, 11) is 0. The Morgan fingerprint density at radius 2 is 2.00 bits per heavy atom. The lowest BCUT2D eigenvalue weighted by molar-refractivity contribution is -0.131. The van der Waals surface area contributed by atoms with Crippen molar-refractivity contribution in [1.29, 1.82) is 0 Å². The van der Waals surface area contributed by atoms with Gasteiger partial charge in [-0.1, -0.05) is 18.2 Å². The number of ether oxygens (including phenoxy) is 2. The Hall–Kier alpha value is -2.95. The highest BCUT2D eigenvalue weighted by Crippen LogP contribution is 2.35. The lowest BCUT2D eigenvalue weighted by Gasteiger charge is -2.02. The number of fused-ring (bicyclic) bond motifs is 1. The van der Waals surface area contributed by atoms with Crippen LogP contribution in [0.2, 0.25) is 0 Å². The summed E-state index contributed by atoms with van der Waals surface area (Å²) >= 11 is 0. The Labute approximate surface area is 125 Å². The van der Waals surface area contributed by atoms with Crippen LogP contribution in [-0.4, -0.2) is 11.8 Å². The van der Waals surface area contributed by atoms with Gasteiger partial charge in [-0.15, -0.1) is 0 Å². The molecule has 1 aliphatic heterocycles. The van der Waals surface area contributed by atoms with Crippen LogP contribution in [0, 0.1) is 5.82 Å². The highest BCUT2D eigenvalue weighted by atomic mass is 19.1. The largest absolute Gasteiger partial charge is 0.452 e.